The summed E-state index contributed by atoms with van der Waals surface area (Å²) in [5.41, 5.74) is 6.48. The molecule has 1 unspecified atom stereocenters. The van der Waals surface area contributed by atoms with Gasteiger partial charge in [0.15, 0.2) is 0 Å². The first-order valence-electron chi connectivity index (χ1n) is 6.55. The Hall–Kier alpha value is -0.470. The van der Waals surface area contributed by atoms with Crippen molar-refractivity contribution in [3.05, 3.63) is 28.2 Å². The molecule has 2 rings (SSSR count). The Labute approximate surface area is 128 Å². The zero-order chi connectivity index (χ0) is 14.9. The van der Waals surface area contributed by atoms with Gasteiger partial charge in [-0.3, -0.25) is 0 Å². The summed E-state index contributed by atoms with van der Waals surface area (Å²) < 4.78 is 27.7. The topological polar surface area (TPSA) is 66.6 Å². The third-order valence-corrected chi connectivity index (χ3v) is 6.58. The predicted molar refractivity (Wildman–Crippen MR) is 82.9 cm³/mol. The van der Waals surface area contributed by atoms with Crippen LogP contribution in [0.15, 0.2) is 27.6 Å². The molecule has 1 aliphatic heterocycles. The second kappa shape index (κ2) is 6.11. The van der Waals surface area contributed by atoms with Crippen molar-refractivity contribution >= 4 is 26.0 Å². The van der Waals surface area contributed by atoms with E-state index < -0.39 is 10.0 Å². The first-order chi connectivity index (χ1) is 9.36. The number of nitrogens with zero attached hydrogens (tertiary/aromatic N) is 2. The fourth-order valence-electron chi connectivity index (χ4n) is 2.49. The molecule has 2 N–H and O–H groups in total. The quantitative estimate of drug-likeness (QED) is 0.879. The molecule has 1 aromatic rings. The van der Waals surface area contributed by atoms with Gasteiger partial charge in [-0.05, 0) is 47.6 Å². The summed E-state index contributed by atoms with van der Waals surface area (Å²) in [6.45, 7) is 4.35. The molecule has 112 valence electrons. The van der Waals surface area contributed by atoms with E-state index in [0.717, 1.165) is 18.7 Å². The zero-order valence-electron chi connectivity index (χ0n) is 11.7. The Morgan fingerprint density at radius 3 is 2.65 bits per heavy atom. The molecule has 5 nitrogen and oxygen atoms in total. The maximum atomic E-state index is 12.8. The molecule has 1 aliphatic rings. The van der Waals surface area contributed by atoms with Gasteiger partial charge in [-0.1, -0.05) is 6.07 Å². The van der Waals surface area contributed by atoms with Gasteiger partial charge in [0.2, 0.25) is 10.0 Å². The van der Waals surface area contributed by atoms with Crippen molar-refractivity contribution in [1.82, 2.24) is 9.21 Å². The van der Waals surface area contributed by atoms with E-state index in [2.05, 4.69) is 20.8 Å². The normalized spacial score (nSPS) is 22.1. The molecule has 1 aromatic carbocycles. The lowest BCUT2D eigenvalue weighted by Crippen LogP contribution is -2.52. The lowest BCUT2D eigenvalue weighted by Gasteiger charge is -2.37. The molecule has 0 spiro atoms. The van der Waals surface area contributed by atoms with Crippen molar-refractivity contribution in [3.63, 3.8) is 0 Å². The van der Waals surface area contributed by atoms with Crippen LogP contribution in [0.2, 0.25) is 0 Å². The SMILES string of the molecule is CC1CN(C)CCN1S(=O)(=O)c1ccc(CN)cc1Br. The number of benzene rings is 1. The first kappa shape index (κ1) is 15.9. The minimum Gasteiger partial charge on any atom is -0.326 e. The second-order valence-electron chi connectivity index (χ2n) is 5.20. The van der Waals surface area contributed by atoms with Crippen molar-refractivity contribution in [3.8, 4) is 0 Å². The van der Waals surface area contributed by atoms with Crippen molar-refractivity contribution < 1.29 is 8.42 Å². The molecule has 0 amide bonds. The highest BCUT2D eigenvalue weighted by Crippen LogP contribution is 2.28. The molecule has 0 radical (unpaired) electrons. The van der Waals surface area contributed by atoms with Crippen molar-refractivity contribution in [2.24, 2.45) is 5.73 Å². The minimum absolute atomic E-state index is 0.0279. The summed E-state index contributed by atoms with van der Waals surface area (Å²) in [4.78, 5) is 2.45. The monoisotopic (exact) mass is 361 g/mol. The molecule has 0 aromatic heterocycles. The number of likely N-dealkylation sites (N-methyl/N-ethyl adjacent to an activating group) is 1. The summed E-state index contributed by atoms with van der Waals surface area (Å²) in [6, 6.07) is 5.14. The van der Waals surface area contributed by atoms with Crippen LogP contribution in [0.3, 0.4) is 0 Å². The van der Waals surface area contributed by atoms with Gasteiger partial charge in [-0.25, -0.2) is 8.42 Å². The maximum absolute atomic E-state index is 12.8. The van der Waals surface area contributed by atoms with Gasteiger partial charge in [-0.15, -0.1) is 0 Å². The summed E-state index contributed by atoms with van der Waals surface area (Å²) in [6.07, 6.45) is 0. The van der Waals surface area contributed by atoms with E-state index in [9.17, 15) is 8.42 Å². The molecule has 7 heteroatoms. The number of sulfonamides is 1. The predicted octanol–water partition coefficient (Wildman–Crippen LogP) is 1.23. The molecule has 0 bridgehead atoms. The Kier molecular flexibility index (Phi) is 4.86. The summed E-state index contributed by atoms with van der Waals surface area (Å²) in [7, 11) is -1.46. The van der Waals surface area contributed by atoms with Crippen LogP contribution in [0.25, 0.3) is 0 Å². The highest BCUT2D eigenvalue weighted by Gasteiger charge is 2.33. The molecular weight excluding hydrogens is 342 g/mol. The number of rotatable bonds is 3. The number of nitrogens with two attached hydrogens (primary N) is 1. The third kappa shape index (κ3) is 3.07. The van der Waals surface area contributed by atoms with E-state index in [0.29, 0.717) is 22.5 Å². The van der Waals surface area contributed by atoms with Gasteiger partial charge in [0.1, 0.15) is 0 Å². The Morgan fingerprint density at radius 2 is 2.10 bits per heavy atom. The van der Waals surface area contributed by atoms with Crippen LogP contribution in [-0.4, -0.2) is 50.3 Å². The molecule has 1 fully saturated rings. The van der Waals surface area contributed by atoms with Gasteiger partial charge < -0.3 is 10.6 Å². The Balaban J connectivity index is 2.35. The zero-order valence-corrected chi connectivity index (χ0v) is 14.1. The van der Waals surface area contributed by atoms with E-state index in [4.69, 9.17) is 5.73 Å². The van der Waals surface area contributed by atoms with E-state index >= 15 is 0 Å². The van der Waals surface area contributed by atoms with E-state index in [1.54, 1.807) is 22.5 Å². The fourth-order valence-corrected chi connectivity index (χ4v) is 5.19. The number of hydrogen-bond acceptors (Lipinski definition) is 4. The van der Waals surface area contributed by atoms with Crippen LogP contribution in [-0.2, 0) is 16.6 Å². The smallest absolute Gasteiger partial charge is 0.244 e. The summed E-state index contributed by atoms with van der Waals surface area (Å²) in [5.74, 6) is 0. The van der Waals surface area contributed by atoms with Gasteiger partial charge in [0.25, 0.3) is 0 Å². The molecule has 1 saturated heterocycles. The highest BCUT2D eigenvalue weighted by molar-refractivity contribution is 9.10. The Bertz CT molecular complexity index is 591. The molecular formula is C13H20BrN3O2S. The van der Waals surface area contributed by atoms with Gasteiger partial charge >= 0.3 is 0 Å². The summed E-state index contributed by atoms with van der Waals surface area (Å²) in [5, 5.41) is 0. The van der Waals surface area contributed by atoms with Crippen molar-refractivity contribution in [2.75, 3.05) is 26.7 Å². The maximum Gasteiger partial charge on any atom is 0.244 e. The molecule has 1 heterocycles. The minimum atomic E-state index is -3.47. The first-order valence-corrected chi connectivity index (χ1v) is 8.78. The fraction of sp³-hybridized carbons (Fsp3) is 0.538. The van der Waals surface area contributed by atoms with Crippen LogP contribution in [0.5, 0.6) is 0 Å². The Morgan fingerprint density at radius 1 is 1.40 bits per heavy atom. The average molecular weight is 362 g/mol. The lowest BCUT2D eigenvalue weighted by atomic mass is 10.2. The van der Waals surface area contributed by atoms with Crippen molar-refractivity contribution in [2.45, 2.75) is 24.4 Å². The molecule has 0 aliphatic carbocycles. The summed E-state index contributed by atoms with van der Waals surface area (Å²) >= 11 is 3.35. The largest absolute Gasteiger partial charge is 0.326 e. The van der Waals surface area contributed by atoms with Gasteiger partial charge in [0, 0.05) is 36.7 Å². The highest BCUT2D eigenvalue weighted by atomic mass is 79.9. The second-order valence-corrected chi connectivity index (χ2v) is 7.91. The molecule has 20 heavy (non-hydrogen) atoms. The lowest BCUT2D eigenvalue weighted by molar-refractivity contribution is 0.170. The van der Waals surface area contributed by atoms with Crippen LogP contribution in [0.4, 0.5) is 0 Å². The van der Waals surface area contributed by atoms with E-state index in [1.165, 1.54) is 0 Å². The number of hydrogen-bond donors (Lipinski definition) is 1. The van der Waals surface area contributed by atoms with Crippen LogP contribution in [0.1, 0.15) is 12.5 Å². The van der Waals surface area contributed by atoms with E-state index in [1.807, 2.05) is 14.0 Å². The van der Waals surface area contributed by atoms with Gasteiger partial charge in [-0.2, -0.15) is 4.31 Å². The van der Waals surface area contributed by atoms with Crippen LogP contribution < -0.4 is 5.73 Å². The number of halogens is 1. The number of piperazine rings is 1. The van der Waals surface area contributed by atoms with Crippen molar-refractivity contribution in [1.29, 1.82) is 0 Å². The molecule has 0 saturated carbocycles. The van der Waals surface area contributed by atoms with E-state index in [-0.39, 0.29) is 6.04 Å². The van der Waals surface area contributed by atoms with Crippen LogP contribution >= 0.6 is 15.9 Å². The standard InChI is InChI=1S/C13H20BrN3O2S/c1-10-9-16(2)5-6-17(10)20(18,19)13-4-3-11(8-15)7-12(13)14/h3-4,7,10H,5-6,8-9,15H2,1-2H3. The third-order valence-electron chi connectivity index (χ3n) is 3.59. The average Bonchev–Trinajstić information content (AvgIpc) is 2.37. The van der Waals surface area contributed by atoms with Gasteiger partial charge in [0.05, 0.1) is 4.90 Å². The molecule has 1 atom stereocenters. The van der Waals surface area contributed by atoms with Crippen LogP contribution in [0, 0.1) is 0 Å².